The molecule has 0 unspecified atom stereocenters. The minimum absolute atomic E-state index is 0.00762. The second kappa shape index (κ2) is 7.35. The van der Waals surface area contributed by atoms with Crippen LogP contribution in [-0.4, -0.2) is 24.3 Å². The second-order valence-corrected chi connectivity index (χ2v) is 4.53. The lowest BCUT2D eigenvalue weighted by atomic mass is 10.1. The molecule has 0 spiro atoms. The van der Waals surface area contributed by atoms with E-state index in [0.29, 0.717) is 13.0 Å². The van der Waals surface area contributed by atoms with Gasteiger partial charge in [-0.1, -0.05) is 18.2 Å². The molecule has 3 N–H and O–H groups in total. The summed E-state index contributed by atoms with van der Waals surface area (Å²) in [6, 6.07) is 12.6. The van der Waals surface area contributed by atoms with E-state index in [1.54, 1.807) is 12.3 Å². The maximum Gasteiger partial charge on any atom is 0.319 e. The average molecular weight is 274 g/mol. The van der Waals surface area contributed by atoms with Crippen LogP contribution in [0.15, 0.2) is 53.1 Å². The SMILES string of the molecule is O=C(NC[C@@H](CO)Cc1ccco1)Nc1ccccc1. The molecule has 0 aliphatic rings. The van der Waals surface area contributed by atoms with Crippen LogP contribution in [0.4, 0.5) is 10.5 Å². The van der Waals surface area contributed by atoms with Gasteiger partial charge in [0.25, 0.3) is 0 Å². The molecule has 0 radical (unpaired) electrons. The quantitative estimate of drug-likeness (QED) is 0.756. The fourth-order valence-electron chi connectivity index (χ4n) is 1.85. The number of aliphatic hydroxyl groups excluding tert-OH is 1. The Labute approximate surface area is 117 Å². The molecule has 1 aromatic carbocycles. The van der Waals surface area contributed by atoms with Crippen molar-refractivity contribution in [3.8, 4) is 0 Å². The van der Waals surface area contributed by atoms with Crippen LogP contribution in [0.3, 0.4) is 0 Å². The zero-order valence-electron chi connectivity index (χ0n) is 11.1. The molecule has 5 nitrogen and oxygen atoms in total. The Kier molecular flexibility index (Phi) is 5.20. The van der Waals surface area contributed by atoms with Gasteiger partial charge in [-0.2, -0.15) is 0 Å². The van der Waals surface area contributed by atoms with Gasteiger partial charge < -0.3 is 20.2 Å². The van der Waals surface area contributed by atoms with E-state index in [1.165, 1.54) is 0 Å². The lowest BCUT2D eigenvalue weighted by Gasteiger charge is -2.14. The number of carbonyl (C=O) groups is 1. The average Bonchev–Trinajstić information content (AvgIpc) is 2.97. The maximum atomic E-state index is 11.7. The highest BCUT2D eigenvalue weighted by Gasteiger charge is 2.12. The van der Waals surface area contributed by atoms with E-state index in [0.717, 1.165) is 11.4 Å². The summed E-state index contributed by atoms with van der Waals surface area (Å²) in [6.07, 6.45) is 2.19. The highest BCUT2D eigenvalue weighted by molar-refractivity contribution is 5.89. The van der Waals surface area contributed by atoms with Crippen LogP contribution in [0.25, 0.3) is 0 Å². The summed E-state index contributed by atoms with van der Waals surface area (Å²) >= 11 is 0. The number of rotatable bonds is 6. The van der Waals surface area contributed by atoms with E-state index in [2.05, 4.69) is 10.6 Å². The molecule has 2 amide bonds. The van der Waals surface area contributed by atoms with Crippen molar-refractivity contribution in [2.45, 2.75) is 6.42 Å². The molecule has 106 valence electrons. The zero-order valence-corrected chi connectivity index (χ0v) is 11.1. The van der Waals surface area contributed by atoms with Crippen molar-refractivity contribution < 1.29 is 14.3 Å². The molecule has 0 aliphatic carbocycles. The molecule has 1 atom stereocenters. The summed E-state index contributed by atoms with van der Waals surface area (Å²) in [5.74, 6) is 0.733. The molecule has 20 heavy (non-hydrogen) atoms. The highest BCUT2D eigenvalue weighted by atomic mass is 16.3. The van der Waals surface area contributed by atoms with Gasteiger partial charge in [-0.3, -0.25) is 0 Å². The Balaban J connectivity index is 1.76. The molecule has 1 heterocycles. The summed E-state index contributed by atoms with van der Waals surface area (Å²) in [4.78, 5) is 11.7. The summed E-state index contributed by atoms with van der Waals surface area (Å²) in [7, 11) is 0. The standard InChI is InChI=1S/C15H18N2O3/c18-11-12(9-14-7-4-8-20-14)10-16-15(19)17-13-5-2-1-3-6-13/h1-8,12,18H,9-11H2,(H2,16,17,19)/t12-/m0/s1. The summed E-state index contributed by atoms with van der Waals surface area (Å²) in [5, 5.41) is 14.8. The molecular weight excluding hydrogens is 256 g/mol. The van der Waals surface area contributed by atoms with Gasteiger partial charge in [0.15, 0.2) is 0 Å². The Hall–Kier alpha value is -2.27. The second-order valence-electron chi connectivity index (χ2n) is 4.53. The summed E-state index contributed by atoms with van der Waals surface area (Å²) < 4.78 is 5.23. The van der Waals surface area contributed by atoms with Crippen molar-refractivity contribution in [2.75, 3.05) is 18.5 Å². The van der Waals surface area contributed by atoms with Gasteiger partial charge in [0.05, 0.1) is 6.26 Å². The first-order valence-electron chi connectivity index (χ1n) is 6.51. The molecule has 0 bridgehead atoms. The van der Waals surface area contributed by atoms with E-state index in [9.17, 15) is 9.90 Å². The summed E-state index contributed by atoms with van der Waals surface area (Å²) in [5.41, 5.74) is 0.733. The lowest BCUT2D eigenvalue weighted by molar-refractivity contribution is 0.213. The molecule has 2 rings (SSSR count). The van der Waals surface area contributed by atoms with Crippen LogP contribution >= 0.6 is 0 Å². The molecule has 0 aliphatic heterocycles. The van der Waals surface area contributed by atoms with Crippen molar-refractivity contribution in [1.29, 1.82) is 0 Å². The van der Waals surface area contributed by atoms with Gasteiger partial charge in [0.1, 0.15) is 5.76 Å². The van der Waals surface area contributed by atoms with Gasteiger partial charge in [0.2, 0.25) is 0 Å². The minimum atomic E-state index is -0.283. The third-order valence-corrected chi connectivity index (χ3v) is 2.91. The van der Waals surface area contributed by atoms with E-state index in [4.69, 9.17) is 4.42 Å². The Morgan fingerprint density at radius 3 is 2.65 bits per heavy atom. The van der Waals surface area contributed by atoms with Crippen molar-refractivity contribution in [3.05, 3.63) is 54.5 Å². The number of carbonyl (C=O) groups excluding carboxylic acids is 1. The normalized spacial score (nSPS) is 11.8. The topological polar surface area (TPSA) is 74.5 Å². The van der Waals surface area contributed by atoms with Crippen LogP contribution in [0.2, 0.25) is 0 Å². The molecule has 5 heteroatoms. The predicted octanol–water partition coefficient (Wildman–Crippen LogP) is 2.25. The number of urea groups is 1. The van der Waals surface area contributed by atoms with Crippen molar-refractivity contribution in [3.63, 3.8) is 0 Å². The first-order valence-corrected chi connectivity index (χ1v) is 6.51. The summed E-state index contributed by atoms with van der Waals surface area (Å²) in [6.45, 7) is 0.377. The smallest absolute Gasteiger partial charge is 0.319 e. The van der Waals surface area contributed by atoms with Gasteiger partial charge in [0, 0.05) is 31.2 Å². The van der Waals surface area contributed by atoms with E-state index in [1.807, 2.05) is 36.4 Å². The van der Waals surface area contributed by atoms with Crippen LogP contribution in [0.5, 0.6) is 0 Å². The number of nitrogens with one attached hydrogen (secondary N) is 2. The Morgan fingerprint density at radius 1 is 1.20 bits per heavy atom. The molecular formula is C15H18N2O3. The zero-order chi connectivity index (χ0) is 14.2. The van der Waals surface area contributed by atoms with Crippen LogP contribution in [-0.2, 0) is 6.42 Å². The van der Waals surface area contributed by atoms with Gasteiger partial charge >= 0.3 is 6.03 Å². The van der Waals surface area contributed by atoms with E-state index >= 15 is 0 Å². The number of hydrogen-bond acceptors (Lipinski definition) is 3. The van der Waals surface area contributed by atoms with Gasteiger partial charge in [-0.05, 0) is 24.3 Å². The Morgan fingerprint density at radius 2 is 2.00 bits per heavy atom. The number of amides is 2. The monoisotopic (exact) mass is 274 g/mol. The number of benzene rings is 1. The van der Waals surface area contributed by atoms with E-state index < -0.39 is 0 Å². The third-order valence-electron chi connectivity index (χ3n) is 2.91. The molecule has 0 saturated heterocycles. The molecule has 0 fully saturated rings. The number of aliphatic hydroxyl groups is 1. The van der Waals surface area contributed by atoms with Crippen molar-refractivity contribution >= 4 is 11.7 Å². The Bertz CT molecular complexity index is 511. The number of anilines is 1. The van der Waals surface area contributed by atoms with Crippen LogP contribution in [0.1, 0.15) is 5.76 Å². The molecule has 1 aromatic heterocycles. The van der Waals surface area contributed by atoms with Gasteiger partial charge in [-0.25, -0.2) is 4.79 Å². The molecule has 2 aromatic rings. The first-order chi connectivity index (χ1) is 9.78. The fraction of sp³-hybridized carbons (Fsp3) is 0.267. The fourth-order valence-corrected chi connectivity index (χ4v) is 1.85. The number of hydrogen-bond donors (Lipinski definition) is 3. The molecule has 0 saturated carbocycles. The van der Waals surface area contributed by atoms with Gasteiger partial charge in [-0.15, -0.1) is 0 Å². The number of para-hydroxylation sites is 1. The van der Waals surface area contributed by atoms with Crippen LogP contribution in [0, 0.1) is 5.92 Å². The van der Waals surface area contributed by atoms with Crippen LogP contribution < -0.4 is 10.6 Å². The maximum absolute atomic E-state index is 11.7. The largest absolute Gasteiger partial charge is 0.469 e. The van der Waals surface area contributed by atoms with E-state index in [-0.39, 0.29) is 18.6 Å². The minimum Gasteiger partial charge on any atom is -0.469 e. The number of furan rings is 1. The lowest BCUT2D eigenvalue weighted by Crippen LogP contribution is -2.34. The third kappa shape index (κ3) is 4.44. The van der Waals surface area contributed by atoms with Crippen molar-refractivity contribution in [2.24, 2.45) is 5.92 Å². The highest BCUT2D eigenvalue weighted by Crippen LogP contribution is 2.09. The first kappa shape index (κ1) is 14.1. The predicted molar refractivity (Wildman–Crippen MR) is 76.5 cm³/mol. The van der Waals surface area contributed by atoms with Crippen molar-refractivity contribution in [1.82, 2.24) is 5.32 Å².